The third-order valence-corrected chi connectivity index (χ3v) is 7.95. The van der Waals surface area contributed by atoms with Gasteiger partial charge in [0.1, 0.15) is 6.04 Å². The van der Waals surface area contributed by atoms with Gasteiger partial charge >= 0.3 is 0 Å². The monoisotopic (exact) mass is 481 g/mol. The van der Waals surface area contributed by atoms with Gasteiger partial charge in [-0.15, -0.1) is 0 Å². The first-order valence-electron chi connectivity index (χ1n) is 11.7. The molecule has 2 aromatic rings. The van der Waals surface area contributed by atoms with E-state index in [-0.39, 0.29) is 17.4 Å². The minimum atomic E-state index is -3.53. The van der Waals surface area contributed by atoms with Gasteiger partial charge in [0.15, 0.2) is 9.84 Å². The average molecular weight is 482 g/mol. The van der Waals surface area contributed by atoms with Crippen LogP contribution in [0.4, 0.5) is 11.4 Å². The highest BCUT2D eigenvalue weighted by molar-refractivity contribution is 7.90. The van der Waals surface area contributed by atoms with E-state index in [2.05, 4.69) is 22.0 Å². The molecule has 0 fully saturated rings. The Balaban J connectivity index is 1.36. The van der Waals surface area contributed by atoms with Gasteiger partial charge in [-0.1, -0.05) is 35.9 Å². The van der Waals surface area contributed by atoms with Gasteiger partial charge in [-0.25, -0.2) is 8.42 Å². The lowest BCUT2D eigenvalue weighted by Gasteiger charge is -2.27. The van der Waals surface area contributed by atoms with Gasteiger partial charge < -0.3 is 16.0 Å². The molecule has 8 heteroatoms. The van der Waals surface area contributed by atoms with Crippen LogP contribution < -0.4 is 16.0 Å². The Bertz CT molecular complexity index is 1220. The molecule has 1 aliphatic carbocycles. The summed E-state index contributed by atoms with van der Waals surface area (Å²) < 4.78 is 25.5. The topological polar surface area (TPSA) is 104 Å². The van der Waals surface area contributed by atoms with Crippen LogP contribution >= 0.6 is 0 Å². The fourth-order valence-corrected chi connectivity index (χ4v) is 6.06. The summed E-state index contributed by atoms with van der Waals surface area (Å²) in [7, 11) is -3.53. The number of carbonyl (C=O) groups is 2. The number of anilines is 2. The largest absolute Gasteiger partial charge is 0.371 e. The molecule has 0 bridgehead atoms. The second-order valence-corrected chi connectivity index (χ2v) is 11.2. The maximum absolute atomic E-state index is 12.8. The molecule has 0 spiro atoms. The molecular formula is C26H31N3O4S. The Morgan fingerprint density at radius 2 is 1.94 bits per heavy atom. The van der Waals surface area contributed by atoms with Crippen molar-refractivity contribution in [1.82, 2.24) is 5.32 Å². The predicted octanol–water partition coefficient (Wildman–Crippen LogP) is 3.96. The number of hydrogen-bond acceptors (Lipinski definition) is 5. The Labute approximate surface area is 200 Å². The molecule has 4 rings (SSSR count). The highest BCUT2D eigenvalue weighted by atomic mass is 32.2. The van der Waals surface area contributed by atoms with E-state index >= 15 is 0 Å². The molecule has 0 saturated carbocycles. The lowest BCUT2D eigenvalue weighted by Crippen LogP contribution is -2.43. The standard InChI is InChI=1S/C26H31N3O4S/c1-18-7-5-6-10-21(18)16-34(32,33)17-24-26(31)29-23-15-20(11-12-22(23)28-24)25(30)27-14-13-19-8-3-2-4-9-19/h5-8,10-12,15,24,28H,2-4,9,13-14,16-17H2,1H3,(H,27,30)(H,29,31)/t24-/m1/s1. The molecule has 1 atom stereocenters. The second-order valence-electron chi connectivity index (χ2n) is 9.04. The zero-order chi connectivity index (χ0) is 24.1. The molecule has 3 N–H and O–H groups in total. The highest BCUT2D eigenvalue weighted by Gasteiger charge is 2.30. The minimum Gasteiger partial charge on any atom is -0.371 e. The molecule has 34 heavy (non-hydrogen) atoms. The third-order valence-electron chi connectivity index (χ3n) is 6.36. The number of nitrogens with one attached hydrogen (secondary N) is 3. The Hall–Kier alpha value is -3.13. The molecule has 2 aromatic carbocycles. The molecule has 1 aliphatic heterocycles. The maximum atomic E-state index is 12.8. The lowest BCUT2D eigenvalue weighted by atomic mass is 9.97. The fourth-order valence-electron chi connectivity index (χ4n) is 4.40. The molecule has 180 valence electrons. The molecule has 2 aliphatic rings. The van der Waals surface area contributed by atoms with Gasteiger partial charge in [0.2, 0.25) is 5.91 Å². The number of rotatable bonds is 8. The normalized spacial score (nSPS) is 17.7. The highest BCUT2D eigenvalue weighted by Crippen LogP contribution is 2.29. The zero-order valence-corrected chi connectivity index (χ0v) is 20.2. The van der Waals surface area contributed by atoms with E-state index in [1.165, 1.54) is 18.4 Å². The maximum Gasteiger partial charge on any atom is 0.251 e. The first-order valence-corrected chi connectivity index (χ1v) is 13.6. The summed E-state index contributed by atoms with van der Waals surface area (Å²) in [6.45, 7) is 2.45. The van der Waals surface area contributed by atoms with Crippen LogP contribution in [-0.2, 0) is 20.4 Å². The number of aryl methyl sites for hydroxylation is 1. The number of hydrogen-bond donors (Lipinski definition) is 3. The van der Waals surface area contributed by atoms with Crippen LogP contribution in [0.1, 0.15) is 53.6 Å². The average Bonchev–Trinajstić information content (AvgIpc) is 2.81. The number of allylic oxidation sites excluding steroid dienone is 1. The van der Waals surface area contributed by atoms with Gasteiger partial charge in [0.25, 0.3) is 5.91 Å². The molecule has 0 aromatic heterocycles. The quantitative estimate of drug-likeness (QED) is 0.495. The number of benzene rings is 2. The van der Waals surface area contributed by atoms with Crippen LogP contribution in [0.25, 0.3) is 0 Å². The first kappa shape index (κ1) is 24.0. The van der Waals surface area contributed by atoms with Crippen LogP contribution in [-0.4, -0.2) is 38.6 Å². The van der Waals surface area contributed by atoms with Crippen molar-refractivity contribution in [1.29, 1.82) is 0 Å². The van der Waals surface area contributed by atoms with Crippen molar-refractivity contribution >= 4 is 33.0 Å². The Kier molecular flexibility index (Phi) is 7.36. The molecular weight excluding hydrogens is 450 g/mol. The van der Waals surface area contributed by atoms with E-state index in [4.69, 9.17) is 0 Å². The molecule has 0 saturated heterocycles. The number of carbonyl (C=O) groups excluding carboxylic acids is 2. The van der Waals surface area contributed by atoms with Crippen molar-refractivity contribution in [3.05, 3.63) is 70.8 Å². The van der Waals surface area contributed by atoms with Crippen LogP contribution in [0.3, 0.4) is 0 Å². The van der Waals surface area contributed by atoms with Crippen molar-refractivity contribution in [3.63, 3.8) is 0 Å². The Morgan fingerprint density at radius 3 is 2.71 bits per heavy atom. The van der Waals surface area contributed by atoms with Gasteiger partial charge in [-0.3, -0.25) is 9.59 Å². The summed E-state index contributed by atoms with van der Waals surface area (Å²) in [4.78, 5) is 25.2. The minimum absolute atomic E-state index is 0.117. The summed E-state index contributed by atoms with van der Waals surface area (Å²) in [6.07, 6.45) is 7.81. The summed E-state index contributed by atoms with van der Waals surface area (Å²) in [6, 6.07) is 11.4. The van der Waals surface area contributed by atoms with Crippen molar-refractivity contribution in [3.8, 4) is 0 Å². The second kappa shape index (κ2) is 10.4. The van der Waals surface area contributed by atoms with Gasteiger partial charge in [0, 0.05) is 12.1 Å². The van der Waals surface area contributed by atoms with Crippen molar-refractivity contribution in [2.24, 2.45) is 0 Å². The summed E-state index contributed by atoms with van der Waals surface area (Å²) in [5.41, 5.74) is 4.55. The van der Waals surface area contributed by atoms with Crippen LogP contribution in [0.5, 0.6) is 0 Å². The molecule has 7 nitrogen and oxygen atoms in total. The van der Waals surface area contributed by atoms with E-state index in [1.54, 1.807) is 30.3 Å². The van der Waals surface area contributed by atoms with E-state index in [0.29, 0.717) is 23.5 Å². The zero-order valence-electron chi connectivity index (χ0n) is 19.4. The fraction of sp³-hybridized carbons (Fsp3) is 0.385. The number of amides is 2. The number of sulfone groups is 1. The van der Waals surface area contributed by atoms with Crippen LogP contribution in [0.15, 0.2) is 54.1 Å². The lowest BCUT2D eigenvalue weighted by molar-refractivity contribution is -0.116. The van der Waals surface area contributed by atoms with E-state index < -0.39 is 21.8 Å². The van der Waals surface area contributed by atoms with E-state index in [1.807, 2.05) is 19.1 Å². The summed E-state index contributed by atoms with van der Waals surface area (Å²) in [5, 5.41) is 8.72. The SMILES string of the molecule is Cc1ccccc1CS(=O)(=O)C[C@H]1Nc2ccc(C(=O)NCCC3=CCCCC3)cc2NC1=O. The smallest absolute Gasteiger partial charge is 0.251 e. The summed E-state index contributed by atoms with van der Waals surface area (Å²) in [5.74, 6) is -1.06. The number of fused-ring (bicyclic) bond motifs is 1. The molecule has 0 unspecified atom stereocenters. The van der Waals surface area contributed by atoms with Crippen LogP contribution in [0.2, 0.25) is 0 Å². The van der Waals surface area contributed by atoms with Crippen molar-refractivity contribution < 1.29 is 18.0 Å². The van der Waals surface area contributed by atoms with E-state index in [9.17, 15) is 18.0 Å². The van der Waals surface area contributed by atoms with Crippen molar-refractivity contribution in [2.45, 2.75) is 50.8 Å². The van der Waals surface area contributed by atoms with Gasteiger partial charge in [-0.2, -0.15) is 0 Å². The van der Waals surface area contributed by atoms with Gasteiger partial charge in [-0.05, 0) is 68.4 Å². The summed E-state index contributed by atoms with van der Waals surface area (Å²) >= 11 is 0. The molecule has 0 radical (unpaired) electrons. The van der Waals surface area contributed by atoms with Crippen LogP contribution in [0, 0.1) is 6.92 Å². The third kappa shape index (κ3) is 6.05. The van der Waals surface area contributed by atoms with E-state index in [0.717, 1.165) is 30.4 Å². The van der Waals surface area contributed by atoms with Crippen molar-refractivity contribution in [2.75, 3.05) is 22.9 Å². The Morgan fingerprint density at radius 1 is 1.12 bits per heavy atom. The first-order chi connectivity index (χ1) is 16.3. The van der Waals surface area contributed by atoms with Gasteiger partial charge in [0.05, 0.1) is 22.9 Å². The predicted molar refractivity (Wildman–Crippen MR) is 135 cm³/mol. The molecule has 2 amide bonds. The molecule has 1 heterocycles.